The number of carbonyl (C=O) groups excluding carboxylic acids is 3. The van der Waals surface area contributed by atoms with E-state index >= 15 is 0 Å². The molecule has 3 amide bonds. The van der Waals surface area contributed by atoms with Crippen molar-refractivity contribution in [1.29, 1.82) is 0 Å². The Labute approximate surface area is 233 Å². The van der Waals surface area contributed by atoms with Crippen LogP contribution in [-0.4, -0.2) is 87.8 Å². The van der Waals surface area contributed by atoms with Crippen LogP contribution in [0.15, 0.2) is 30.5 Å². The number of nitrogens with zero attached hydrogens (tertiary/aromatic N) is 4. The van der Waals surface area contributed by atoms with Crippen molar-refractivity contribution in [1.82, 2.24) is 25.4 Å². The summed E-state index contributed by atoms with van der Waals surface area (Å²) >= 11 is 1.41. The number of nitrogens with one attached hydrogen (secondary N) is 3. The molecule has 0 saturated heterocycles. The Morgan fingerprint density at radius 1 is 1.15 bits per heavy atom. The van der Waals surface area contributed by atoms with Gasteiger partial charge in [0.2, 0.25) is 11.8 Å². The number of thiazole rings is 1. The number of rotatable bonds is 10. The van der Waals surface area contributed by atoms with Gasteiger partial charge in [-0.15, -0.1) is 21.5 Å². The number of ether oxygens (including phenoxy) is 1. The summed E-state index contributed by atoms with van der Waals surface area (Å²) in [6.07, 6.45) is 3.65. The highest BCUT2D eigenvalue weighted by Crippen LogP contribution is 2.40. The molecule has 1 fully saturated rings. The molecule has 0 radical (unpaired) electrons. The molecule has 15 heteroatoms. The van der Waals surface area contributed by atoms with Gasteiger partial charge in [-0.1, -0.05) is 6.07 Å². The number of likely N-dealkylation sites (N-methyl/N-ethyl adjacent to an activating group) is 1. The van der Waals surface area contributed by atoms with Crippen LogP contribution in [0.2, 0.25) is 0 Å². The zero-order valence-electron chi connectivity index (χ0n) is 22.9. The first-order valence-electron chi connectivity index (χ1n) is 12.6. The molecule has 0 atom stereocenters. The first-order valence-corrected chi connectivity index (χ1v) is 13.4. The van der Waals surface area contributed by atoms with Crippen LogP contribution in [0.4, 0.5) is 17.2 Å². The van der Waals surface area contributed by atoms with Crippen LogP contribution in [0.25, 0.3) is 10.6 Å². The Balaban J connectivity index is 1.68. The van der Waals surface area contributed by atoms with Crippen molar-refractivity contribution in [3.63, 3.8) is 0 Å². The van der Waals surface area contributed by atoms with E-state index in [0.29, 0.717) is 22.1 Å². The lowest BCUT2D eigenvalue weighted by atomic mass is 9.49. The largest absolute Gasteiger partial charge is 0.494 e. The maximum atomic E-state index is 13.1. The number of benzene rings is 1. The number of aromatic nitrogens is 3. The maximum absolute atomic E-state index is 13.1. The molecule has 1 aliphatic carbocycles. The SMILES string of the molecule is BC(B)(B)NC(=O)c1nnc(NC(=O)C2CC2)cc1Nc1cccc(-c2ncc(CC(=O)N(C)C)s2)c1OC. The highest BCUT2D eigenvalue weighted by Gasteiger charge is 2.30. The minimum Gasteiger partial charge on any atom is -0.494 e. The predicted molar refractivity (Wildman–Crippen MR) is 159 cm³/mol. The van der Waals surface area contributed by atoms with E-state index < -0.39 is 11.1 Å². The molecular formula is C24H30B3N7O4S. The molecule has 0 unspecified atom stereocenters. The lowest BCUT2D eigenvalue weighted by Crippen LogP contribution is -2.50. The Morgan fingerprint density at radius 3 is 2.54 bits per heavy atom. The standard InChI is InChI=1S/C24H30B3N7O4S/c1-34(2)18(35)9-13-11-28-23(39-13)14-5-4-6-15(20(14)38-3)29-16-10-17(30-21(36)12-7-8-12)32-33-19(16)22(37)31-24(25,26)27/h4-6,10-12H,7-9,25-27H2,1-3H3,(H,31,37)(H2,29,30,32,36). The number of methoxy groups -OCH3 is 1. The van der Waals surface area contributed by atoms with Gasteiger partial charge in [-0.25, -0.2) is 4.98 Å². The summed E-state index contributed by atoms with van der Waals surface area (Å²) in [7, 11) is 10.6. The number of anilines is 3. The molecule has 3 N–H and O–H groups in total. The van der Waals surface area contributed by atoms with E-state index in [9.17, 15) is 14.4 Å². The molecule has 3 aromatic rings. The van der Waals surface area contributed by atoms with Gasteiger partial charge < -0.3 is 25.6 Å². The number of hydrogen-bond acceptors (Lipinski definition) is 9. The molecule has 1 saturated carbocycles. The number of hydrogen-bond donors (Lipinski definition) is 3. The Bertz CT molecular complexity index is 1410. The van der Waals surface area contributed by atoms with Gasteiger partial charge in [0, 0.05) is 37.2 Å². The first-order chi connectivity index (χ1) is 18.4. The third kappa shape index (κ3) is 7.17. The lowest BCUT2D eigenvalue weighted by Gasteiger charge is -2.22. The first kappa shape index (κ1) is 28.2. The predicted octanol–water partition coefficient (Wildman–Crippen LogP) is -0.428. The number of para-hydroxylation sites is 1. The Hall–Kier alpha value is -3.87. The van der Waals surface area contributed by atoms with Gasteiger partial charge in [0.15, 0.2) is 17.3 Å². The average molecular weight is 545 g/mol. The van der Waals surface area contributed by atoms with Crippen molar-refractivity contribution in [3.8, 4) is 16.3 Å². The molecule has 1 aliphatic rings. The van der Waals surface area contributed by atoms with E-state index in [-0.39, 0.29) is 35.7 Å². The van der Waals surface area contributed by atoms with Gasteiger partial charge in [-0.05, 0) is 30.2 Å². The molecular weight excluding hydrogens is 515 g/mol. The highest BCUT2D eigenvalue weighted by atomic mass is 32.1. The van der Waals surface area contributed by atoms with Crippen LogP contribution in [0.1, 0.15) is 28.2 Å². The van der Waals surface area contributed by atoms with E-state index in [2.05, 4.69) is 31.1 Å². The van der Waals surface area contributed by atoms with E-state index in [1.54, 1.807) is 44.4 Å². The fraction of sp³-hybridized carbons (Fsp3) is 0.333. The second-order valence-corrected chi connectivity index (χ2v) is 11.7. The smallest absolute Gasteiger partial charge is 0.272 e. The van der Waals surface area contributed by atoms with Crippen LogP contribution < -0.4 is 20.7 Å². The fourth-order valence-corrected chi connectivity index (χ4v) is 4.60. The topological polar surface area (TPSA) is 138 Å². The summed E-state index contributed by atoms with van der Waals surface area (Å²) in [6, 6.07) is 7.11. The summed E-state index contributed by atoms with van der Waals surface area (Å²) in [5, 5.41) is 17.4. The molecule has 2 heterocycles. The van der Waals surface area contributed by atoms with Gasteiger partial charge in [0.1, 0.15) is 28.5 Å². The van der Waals surface area contributed by atoms with E-state index in [4.69, 9.17) is 4.74 Å². The molecule has 0 spiro atoms. The molecule has 4 rings (SSSR count). The molecule has 1 aromatic carbocycles. The summed E-state index contributed by atoms with van der Waals surface area (Å²) in [5.41, 5.74) is 1.71. The quantitative estimate of drug-likeness (QED) is 0.292. The van der Waals surface area contributed by atoms with Crippen LogP contribution in [0.3, 0.4) is 0 Å². The van der Waals surface area contributed by atoms with Crippen LogP contribution in [-0.2, 0) is 16.0 Å². The van der Waals surface area contributed by atoms with Crippen molar-refractivity contribution >= 4 is 69.8 Å². The summed E-state index contributed by atoms with van der Waals surface area (Å²) < 4.78 is 5.77. The maximum Gasteiger partial charge on any atom is 0.272 e. The van der Waals surface area contributed by atoms with Crippen molar-refractivity contribution in [3.05, 3.63) is 41.0 Å². The molecule has 39 heavy (non-hydrogen) atoms. The van der Waals surface area contributed by atoms with Crippen molar-refractivity contribution < 1.29 is 19.1 Å². The Kier molecular flexibility index (Phi) is 8.29. The van der Waals surface area contributed by atoms with Crippen LogP contribution >= 0.6 is 11.3 Å². The molecule has 0 bridgehead atoms. The minimum atomic E-state index is -0.497. The normalized spacial score (nSPS) is 12.9. The van der Waals surface area contributed by atoms with E-state index in [1.807, 2.05) is 35.7 Å². The van der Waals surface area contributed by atoms with Gasteiger partial charge in [-0.2, -0.15) is 0 Å². The highest BCUT2D eigenvalue weighted by molar-refractivity contribution is 7.15. The van der Waals surface area contributed by atoms with Gasteiger partial charge >= 0.3 is 0 Å². The molecule has 11 nitrogen and oxygen atoms in total. The second kappa shape index (κ2) is 11.5. The monoisotopic (exact) mass is 545 g/mol. The van der Waals surface area contributed by atoms with E-state index in [1.165, 1.54) is 11.3 Å². The third-order valence-corrected chi connectivity index (χ3v) is 6.82. The van der Waals surface area contributed by atoms with Gasteiger partial charge in [0.05, 0.1) is 30.5 Å². The zero-order valence-corrected chi connectivity index (χ0v) is 23.7. The summed E-state index contributed by atoms with van der Waals surface area (Å²) in [4.78, 5) is 44.5. The number of carbonyl (C=O) groups is 3. The Morgan fingerprint density at radius 2 is 1.90 bits per heavy atom. The molecule has 0 aliphatic heterocycles. The number of amides is 3. The van der Waals surface area contributed by atoms with Gasteiger partial charge in [0.25, 0.3) is 5.91 Å². The fourth-order valence-electron chi connectivity index (χ4n) is 3.68. The van der Waals surface area contributed by atoms with Crippen molar-refractivity contribution in [2.45, 2.75) is 24.5 Å². The summed E-state index contributed by atoms with van der Waals surface area (Å²) in [6.45, 7) is 0. The minimum absolute atomic E-state index is 0.0107. The second-order valence-electron chi connectivity index (χ2n) is 10.6. The van der Waals surface area contributed by atoms with Gasteiger partial charge in [-0.3, -0.25) is 14.4 Å². The summed E-state index contributed by atoms with van der Waals surface area (Å²) in [5.74, 6) is 0.187. The van der Waals surface area contributed by atoms with E-state index in [0.717, 1.165) is 23.3 Å². The zero-order chi connectivity index (χ0) is 28.3. The molecule has 200 valence electrons. The van der Waals surface area contributed by atoms with Crippen molar-refractivity contribution in [2.75, 3.05) is 31.8 Å². The van der Waals surface area contributed by atoms with Crippen LogP contribution in [0.5, 0.6) is 5.75 Å². The van der Waals surface area contributed by atoms with Crippen molar-refractivity contribution in [2.24, 2.45) is 5.92 Å². The lowest BCUT2D eigenvalue weighted by molar-refractivity contribution is -0.127. The molecule has 2 aromatic heterocycles. The van der Waals surface area contributed by atoms with Crippen LogP contribution in [0, 0.1) is 5.92 Å². The average Bonchev–Trinajstić information content (AvgIpc) is 3.62. The third-order valence-electron chi connectivity index (χ3n) is 5.79.